The third-order valence-corrected chi connectivity index (χ3v) is 3.95. The zero-order valence-corrected chi connectivity index (χ0v) is 14.0. The second-order valence-electron chi connectivity index (χ2n) is 5.55. The lowest BCUT2D eigenvalue weighted by Gasteiger charge is -2.08. The highest BCUT2D eigenvalue weighted by Crippen LogP contribution is 2.26. The number of carbonyl (C=O) groups excluding carboxylic acids is 1. The van der Waals surface area contributed by atoms with E-state index in [-0.39, 0.29) is 17.4 Å². The molecule has 0 heterocycles. The number of phenolic OH excluding ortho intramolecular Hbond substituents is 1. The number of ether oxygens (including phenoxy) is 1. The fourth-order valence-corrected chi connectivity index (χ4v) is 2.62. The van der Waals surface area contributed by atoms with E-state index in [0.717, 1.165) is 16.3 Å². The average Bonchev–Trinajstić information content (AvgIpc) is 2.65. The molecule has 0 aliphatic rings. The summed E-state index contributed by atoms with van der Waals surface area (Å²) in [6, 6.07) is 18.4. The quantitative estimate of drug-likeness (QED) is 0.564. The van der Waals surface area contributed by atoms with Crippen molar-refractivity contribution < 1.29 is 14.6 Å². The van der Waals surface area contributed by atoms with Crippen molar-refractivity contribution in [1.82, 2.24) is 5.43 Å². The first-order valence-electron chi connectivity index (χ1n) is 7.80. The minimum atomic E-state index is -0.377. The zero-order chi connectivity index (χ0) is 17.8. The van der Waals surface area contributed by atoms with Gasteiger partial charge in [-0.3, -0.25) is 4.79 Å². The van der Waals surface area contributed by atoms with Crippen LogP contribution in [0.5, 0.6) is 11.5 Å². The van der Waals surface area contributed by atoms with Gasteiger partial charge >= 0.3 is 0 Å². The van der Waals surface area contributed by atoms with E-state index in [1.54, 1.807) is 0 Å². The van der Waals surface area contributed by atoms with E-state index in [2.05, 4.69) is 10.5 Å². The van der Waals surface area contributed by atoms with E-state index < -0.39 is 0 Å². The van der Waals surface area contributed by atoms with Crippen molar-refractivity contribution in [3.63, 3.8) is 0 Å². The first-order chi connectivity index (χ1) is 12.1. The summed E-state index contributed by atoms with van der Waals surface area (Å²) in [7, 11) is 1.43. The summed E-state index contributed by atoms with van der Waals surface area (Å²) in [6.45, 7) is 1.85. The smallest absolute Gasteiger partial charge is 0.271 e. The van der Waals surface area contributed by atoms with Crippen LogP contribution in [0.1, 0.15) is 22.8 Å². The standard InChI is InChI=1S/C20H18N2O3/c1-13(16-9-5-7-14-6-3-4-8-17(14)16)21-22-20(24)15-10-11-18(23)19(12-15)25-2/h3-12,23H,1-2H3,(H,22,24)/b21-13+. The number of rotatable bonds is 4. The molecule has 0 saturated carbocycles. The number of benzene rings is 3. The number of carbonyl (C=O) groups is 1. The summed E-state index contributed by atoms with van der Waals surface area (Å²) in [6.07, 6.45) is 0. The Labute approximate surface area is 145 Å². The lowest BCUT2D eigenvalue weighted by atomic mass is 10.0. The van der Waals surface area contributed by atoms with Crippen molar-refractivity contribution in [2.24, 2.45) is 5.10 Å². The lowest BCUT2D eigenvalue weighted by molar-refractivity contribution is 0.0954. The van der Waals surface area contributed by atoms with Gasteiger partial charge in [0, 0.05) is 11.1 Å². The maximum atomic E-state index is 12.3. The van der Waals surface area contributed by atoms with Crippen molar-refractivity contribution in [1.29, 1.82) is 0 Å². The summed E-state index contributed by atoms with van der Waals surface area (Å²) < 4.78 is 5.01. The minimum Gasteiger partial charge on any atom is -0.504 e. The molecule has 1 amide bonds. The number of hydrogen-bond acceptors (Lipinski definition) is 4. The normalized spacial score (nSPS) is 11.4. The van der Waals surface area contributed by atoms with Gasteiger partial charge in [0.1, 0.15) is 0 Å². The summed E-state index contributed by atoms with van der Waals surface area (Å²) in [5.74, 6) is -0.158. The third kappa shape index (κ3) is 3.45. The van der Waals surface area contributed by atoms with Gasteiger partial charge in [0.25, 0.3) is 5.91 Å². The molecule has 0 atom stereocenters. The molecule has 3 aromatic rings. The number of methoxy groups -OCH3 is 1. The van der Waals surface area contributed by atoms with Crippen molar-refractivity contribution in [2.75, 3.05) is 7.11 Å². The molecule has 0 bridgehead atoms. The number of amides is 1. The van der Waals surface area contributed by atoms with Crippen LogP contribution in [0.3, 0.4) is 0 Å². The number of hydrazone groups is 1. The third-order valence-electron chi connectivity index (χ3n) is 3.95. The molecule has 0 saturated heterocycles. The fourth-order valence-electron chi connectivity index (χ4n) is 2.62. The van der Waals surface area contributed by atoms with Crippen LogP contribution in [0.15, 0.2) is 65.8 Å². The lowest BCUT2D eigenvalue weighted by Crippen LogP contribution is -2.19. The maximum Gasteiger partial charge on any atom is 0.271 e. The Morgan fingerprint density at radius 1 is 1.08 bits per heavy atom. The molecule has 0 unspecified atom stereocenters. The van der Waals surface area contributed by atoms with Gasteiger partial charge in [-0.1, -0.05) is 42.5 Å². The van der Waals surface area contributed by atoms with Gasteiger partial charge < -0.3 is 9.84 Å². The van der Waals surface area contributed by atoms with E-state index in [9.17, 15) is 9.90 Å². The predicted octanol–water partition coefficient (Wildman–Crippen LogP) is 3.71. The summed E-state index contributed by atoms with van der Waals surface area (Å²) >= 11 is 0. The highest BCUT2D eigenvalue weighted by Gasteiger charge is 2.10. The molecule has 0 aliphatic heterocycles. The van der Waals surface area contributed by atoms with Crippen LogP contribution in [-0.2, 0) is 0 Å². The average molecular weight is 334 g/mol. The Balaban J connectivity index is 1.84. The molecule has 0 fully saturated rings. The first kappa shape index (κ1) is 16.5. The Morgan fingerprint density at radius 2 is 1.84 bits per heavy atom. The van der Waals surface area contributed by atoms with Crippen molar-refractivity contribution in [3.05, 3.63) is 71.8 Å². The molecule has 3 aromatic carbocycles. The Kier molecular flexibility index (Phi) is 4.66. The molecule has 2 N–H and O–H groups in total. The Morgan fingerprint density at radius 3 is 2.64 bits per heavy atom. The van der Waals surface area contributed by atoms with E-state index in [0.29, 0.717) is 11.3 Å². The molecule has 0 aliphatic carbocycles. The molecule has 126 valence electrons. The second kappa shape index (κ2) is 7.05. The van der Waals surface area contributed by atoms with Crippen LogP contribution < -0.4 is 10.2 Å². The number of nitrogens with one attached hydrogen (secondary N) is 1. The van der Waals surface area contributed by atoms with E-state index >= 15 is 0 Å². The van der Waals surface area contributed by atoms with Gasteiger partial charge in [-0.15, -0.1) is 0 Å². The Hall–Kier alpha value is -3.34. The number of fused-ring (bicyclic) bond motifs is 1. The molecule has 5 heteroatoms. The van der Waals surface area contributed by atoms with Gasteiger partial charge in [-0.05, 0) is 35.9 Å². The zero-order valence-electron chi connectivity index (χ0n) is 14.0. The van der Waals surface area contributed by atoms with E-state index in [1.807, 2.05) is 49.4 Å². The SMILES string of the molecule is COc1cc(C(=O)N/N=C(\C)c2cccc3ccccc23)ccc1O. The maximum absolute atomic E-state index is 12.3. The summed E-state index contributed by atoms with van der Waals surface area (Å²) in [5.41, 5.74) is 4.56. The van der Waals surface area contributed by atoms with Crippen LogP contribution in [-0.4, -0.2) is 23.8 Å². The van der Waals surface area contributed by atoms with Crippen LogP contribution >= 0.6 is 0 Å². The number of nitrogens with zero attached hydrogens (tertiary/aromatic N) is 1. The summed E-state index contributed by atoms with van der Waals surface area (Å²) in [5, 5.41) is 16.0. The van der Waals surface area contributed by atoms with Gasteiger partial charge in [0.05, 0.1) is 12.8 Å². The predicted molar refractivity (Wildman–Crippen MR) is 98.3 cm³/mol. The van der Waals surface area contributed by atoms with Crippen LogP contribution in [0, 0.1) is 0 Å². The monoisotopic (exact) mass is 334 g/mol. The van der Waals surface area contributed by atoms with Gasteiger partial charge in [0.15, 0.2) is 11.5 Å². The fraction of sp³-hybridized carbons (Fsp3) is 0.100. The topological polar surface area (TPSA) is 70.9 Å². The molecule has 3 rings (SSSR count). The van der Waals surface area contributed by atoms with E-state index in [1.165, 1.54) is 25.3 Å². The molecular formula is C20H18N2O3. The van der Waals surface area contributed by atoms with Crippen molar-refractivity contribution in [2.45, 2.75) is 6.92 Å². The molecule has 0 aromatic heterocycles. The molecule has 0 radical (unpaired) electrons. The molecule has 0 spiro atoms. The van der Waals surface area contributed by atoms with Crippen molar-refractivity contribution >= 4 is 22.4 Å². The van der Waals surface area contributed by atoms with Gasteiger partial charge in [-0.2, -0.15) is 5.10 Å². The second-order valence-corrected chi connectivity index (χ2v) is 5.55. The molecule has 5 nitrogen and oxygen atoms in total. The number of aromatic hydroxyl groups is 1. The van der Waals surface area contributed by atoms with Gasteiger partial charge in [-0.25, -0.2) is 5.43 Å². The van der Waals surface area contributed by atoms with E-state index in [4.69, 9.17) is 4.74 Å². The van der Waals surface area contributed by atoms with Crippen LogP contribution in [0.4, 0.5) is 0 Å². The highest BCUT2D eigenvalue weighted by molar-refractivity contribution is 6.10. The van der Waals surface area contributed by atoms with Crippen LogP contribution in [0.25, 0.3) is 10.8 Å². The largest absolute Gasteiger partial charge is 0.504 e. The highest BCUT2D eigenvalue weighted by atomic mass is 16.5. The minimum absolute atomic E-state index is 0.0190. The molecule has 25 heavy (non-hydrogen) atoms. The van der Waals surface area contributed by atoms with Crippen molar-refractivity contribution in [3.8, 4) is 11.5 Å². The Bertz CT molecular complexity index is 959. The number of phenols is 1. The number of hydrogen-bond donors (Lipinski definition) is 2. The molecular weight excluding hydrogens is 316 g/mol. The van der Waals surface area contributed by atoms with Gasteiger partial charge in [0.2, 0.25) is 0 Å². The summed E-state index contributed by atoms with van der Waals surface area (Å²) in [4.78, 5) is 12.3. The first-order valence-corrected chi connectivity index (χ1v) is 7.80. The van der Waals surface area contributed by atoms with Crippen LogP contribution in [0.2, 0.25) is 0 Å².